The van der Waals surface area contributed by atoms with Crippen LogP contribution in [0.3, 0.4) is 0 Å². The first kappa shape index (κ1) is 14.9. The number of halogens is 2. The van der Waals surface area contributed by atoms with E-state index < -0.39 is 27.4 Å². The van der Waals surface area contributed by atoms with E-state index in [1.165, 1.54) is 0 Å². The van der Waals surface area contributed by atoms with Gasteiger partial charge < -0.3 is 5.73 Å². The quantitative estimate of drug-likeness (QED) is 0.758. The Labute approximate surface area is 109 Å². The van der Waals surface area contributed by atoms with Gasteiger partial charge in [-0.25, -0.2) is 21.9 Å². The van der Waals surface area contributed by atoms with Gasteiger partial charge in [-0.3, -0.25) is 0 Å². The summed E-state index contributed by atoms with van der Waals surface area (Å²) in [7, 11) is -3.57. The number of hydrogen-bond acceptors (Lipinski definition) is 3. The monoisotopic (exact) mass is 294 g/mol. The zero-order chi connectivity index (χ0) is 13.8. The van der Waals surface area contributed by atoms with Gasteiger partial charge in [0.25, 0.3) is 0 Å². The third-order valence-corrected chi connectivity index (χ3v) is 3.65. The Morgan fingerprint density at radius 3 is 2.33 bits per heavy atom. The number of nitrogens with two attached hydrogens (primary N) is 1. The van der Waals surface area contributed by atoms with Crippen molar-refractivity contribution in [1.82, 2.24) is 4.72 Å². The Kier molecular flexibility index (Phi) is 5.12. The predicted octanol–water partition coefficient (Wildman–Crippen LogP) is 0.713. The van der Waals surface area contributed by atoms with Gasteiger partial charge in [0, 0.05) is 12.6 Å². The van der Waals surface area contributed by atoms with Crippen molar-refractivity contribution in [3.63, 3.8) is 0 Å². The molecule has 1 rings (SSSR count). The van der Waals surface area contributed by atoms with Gasteiger partial charge >= 0.3 is 0 Å². The molecular formula is C10H12F2N2O2S2. The van der Waals surface area contributed by atoms with Crippen LogP contribution in [0.25, 0.3) is 0 Å². The molecule has 0 aliphatic heterocycles. The Balaban J connectivity index is 2.54. The maximum atomic E-state index is 12.8. The van der Waals surface area contributed by atoms with E-state index in [1.807, 2.05) is 0 Å². The van der Waals surface area contributed by atoms with Crippen LogP contribution >= 0.6 is 12.2 Å². The summed E-state index contributed by atoms with van der Waals surface area (Å²) in [5.74, 6) is -1.84. The summed E-state index contributed by atoms with van der Waals surface area (Å²) in [4.78, 5) is -0.140. The van der Waals surface area contributed by atoms with Gasteiger partial charge in [0.05, 0.1) is 4.99 Å². The van der Waals surface area contributed by atoms with E-state index in [0.717, 1.165) is 18.2 Å². The summed E-state index contributed by atoms with van der Waals surface area (Å²) in [5.41, 5.74) is 5.48. The fourth-order valence-electron chi connectivity index (χ4n) is 1.34. The molecule has 0 fully saturated rings. The highest BCUT2D eigenvalue weighted by molar-refractivity contribution is 7.92. The van der Waals surface area contributed by atoms with Crippen LogP contribution in [0.15, 0.2) is 18.2 Å². The minimum Gasteiger partial charge on any atom is -0.392 e. The van der Waals surface area contributed by atoms with Crippen LogP contribution in [0.4, 0.5) is 8.78 Å². The van der Waals surface area contributed by atoms with Crippen LogP contribution in [0.1, 0.15) is 5.56 Å². The first-order valence-corrected chi connectivity index (χ1v) is 7.05. The smallest absolute Gasteiger partial charge is 0.218 e. The number of benzene rings is 1. The molecule has 1 aromatic rings. The lowest BCUT2D eigenvalue weighted by molar-refractivity contribution is 0.577. The van der Waals surface area contributed by atoms with Crippen molar-refractivity contribution < 1.29 is 17.2 Å². The molecule has 100 valence electrons. The van der Waals surface area contributed by atoms with Crippen molar-refractivity contribution in [3.8, 4) is 0 Å². The van der Waals surface area contributed by atoms with E-state index in [2.05, 4.69) is 16.9 Å². The molecule has 8 heteroatoms. The lowest BCUT2D eigenvalue weighted by Gasteiger charge is -2.06. The zero-order valence-electron chi connectivity index (χ0n) is 9.32. The minimum absolute atomic E-state index is 0.0217. The van der Waals surface area contributed by atoms with Crippen LogP contribution in [-0.4, -0.2) is 25.7 Å². The van der Waals surface area contributed by atoms with Crippen LogP contribution < -0.4 is 10.5 Å². The second-order valence-corrected chi connectivity index (χ2v) is 5.98. The molecular weight excluding hydrogens is 282 g/mol. The fourth-order valence-corrected chi connectivity index (χ4v) is 2.70. The van der Waals surface area contributed by atoms with Crippen LogP contribution in [0, 0.1) is 11.6 Å². The molecule has 3 N–H and O–H groups in total. The van der Waals surface area contributed by atoms with Crippen molar-refractivity contribution in [2.24, 2.45) is 5.73 Å². The Bertz CT molecular complexity index is 527. The van der Waals surface area contributed by atoms with Crippen LogP contribution in [0.2, 0.25) is 0 Å². The highest BCUT2D eigenvalue weighted by atomic mass is 32.2. The second-order valence-electron chi connectivity index (χ2n) is 3.65. The number of thiocarbonyl (C=S) groups is 1. The molecule has 0 unspecified atom stereocenters. The fraction of sp³-hybridized carbons (Fsp3) is 0.300. The largest absolute Gasteiger partial charge is 0.392 e. The van der Waals surface area contributed by atoms with E-state index in [-0.39, 0.29) is 18.0 Å². The minimum atomic E-state index is -3.57. The summed E-state index contributed by atoms with van der Waals surface area (Å²) in [6.45, 7) is 0.0217. The van der Waals surface area contributed by atoms with E-state index >= 15 is 0 Å². The van der Waals surface area contributed by atoms with Crippen molar-refractivity contribution >= 4 is 27.2 Å². The van der Waals surface area contributed by atoms with Gasteiger partial charge in [-0.05, 0) is 24.1 Å². The number of hydrogen-bond donors (Lipinski definition) is 2. The van der Waals surface area contributed by atoms with Gasteiger partial charge in [-0.1, -0.05) is 12.2 Å². The van der Waals surface area contributed by atoms with Crippen molar-refractivity contribution in [2.45, 2.75) is 6.42 Å². The summed E-state index contributed by atoms with van der Waals surface area (Å²) >= 11 is 4.48. The highest BCUT2D eigenvalue weighted by Gasteiger charge is 2.11. The molecule has 0 aliphatic carbocycles. The molecule has 0 atom stereocenters. The summed E-state index contributed by atoms with van der Waals surface area (Å²) in [6.07, 6.45) is 0.172. The van der Waals surface area contributed by atoms with Gasteiger partial charge in [0.2, 0.25) is 10.0 Å². The Morgan fingerprint density at radius 1 is 1.28 bits per heavy atom. The van der Waals surface area contributed by atoms with E-state index in [4.69, 9.17) is 5.73 Å². The number of sulfonamides is 1. The molecule has 0 amide bonds. The van der Waals surface area contributed by atoms with Crippen molar-refractivity contribution in [1.29, 1.82) is 0 Å². The lowest BCUT2D eigenvalue weighted by Crippen LogP contribution is -2.33. The summed E-state index contributed by atoms with van der Waals surface area (Å²) in [5, 5.41) is 0. The van der Waals surface area contributed by atoms with Gasteiger partial charge in [0.15, 0.2) is 0 Å². The average molecular weight is 294 g/mol. The van der Waals surface area contributed by atoms with E-state index in [9.17, 15) is 17.2 Å². The topological polar surface area (TPSA) is 72.2 Å². The zero-order valence-corrected chi connectivity index (χ0v) is 11.0. The molecule has 0 saturated carbocycles. The Hall–Kier alpha value is -1.12. The highest BCUT2D eigenvalue weighted by Crippen LogP contribution is 2.08. The van der Waals surface area contributed by atoms with Crippen molar-refractivity contribution in [2.75, 3.05) is 12.3 Å². The summed E-state index contributed by atoms with van der Waals surface area (Å²) in [6, 6.07) is 3.04. The standard InChI is InChI=1S/C10H12F2N2O2S2/c11-8-3-7(4-9(12)5-8)1-2-14-18(15,16)6-10(13)17/h3-5,14H,1-2,6H2,(H2,13,17). The maximum absolute atomic E-state index is 12.8. The molecule has 0 aliphatic rings. The van der Waals surface area contributed by atoms with Gasteiger partial charge in [-0.2, -0.15) is 0 Å². The van der Waals surface area contributed by atoms with Crippen LogP contribution in [-0.2, 0) is 16.4 Å². The van der Waals surface area contributed by atoms with Crippen molar-refractivity contribution in [3.05, 3.63) is 35.4 Å². The number of nitrogens with one attached hydrogen (secondary N) is 1. The van der Waals surface area contributed by atoms with E-state index in [0.29, 0.717) is 5.56 Å². The van der Waals surface area contributed by atoms with E-state index in [1.54, 1.807) is 0 Å². The van der Waals surface area contributed by atoms with Crippen LogP contribution in [0.5, 0.6) is 0 Å². The first-order chi connectivity index (χ1) is 8.28. The molecule has 18 heavy (non-hydrogen) atoms. The molecule has 0 aromatic heterocycles. The first-order valence-electron chi connectivity index (χ1n) is 4.99. The predicted molar refractivity (Wildman–Crippen MR) is 68.6 cm³/mol. The third-order valence-electron chi connectivity index (χ3n) is 1.99. The molecule has 0 radical (unpaired) electrons. The van der Waals surface area contributed by atoms with Gasteiger partial charge in [-0.15, -0.1) is 0 Å². The average Bonchev–Trinajstić information content (AvgIpc) is 2.12. The Morgan fingerprint density at radius 2 is 1.83 bits per heavy atom. The normalized spacial score (nSPS) is 11.4. The lowest BCUT2D eigenvalue weighted by atomic mass is 10.1. The molecule has 4 nitrogen and oxygen atoms in total. The SMILES string of the molecule is NC(=S)CS(=O)(=O)NCCc1cc(F)cc(F)c1. The summed E-state index contributed by atoms with van der Waals surface area (Å²) < 4.78 is 50.6. The molecule has 0 spiro atoms. The number of rotatable bonds is 6. The molecule has 0 saturated heterocycles. The maximum Gasteiger partial charge on any atom is 0.218 e. The molecule has 0 heterocycles. The second kappa shape index (κ2) is 6.17. The third kappa shape index (κ3) is 5.48. The molecule has 0 bridgehead atoms. The molecule has 1 aromatic carbocycles. The van der Waals surface area contributed by atoms with Gasteiger partial charge in [0.1, 0.15) is 17.4 Å².